The number of hydrogen-bond acceptors (Lipinski definition) is 5. The van der Waals surface area contributed by atoms with Gasteiger partial charge in [-0.3, -0.25) is 0 Å². The lowest BCUT2D eigenvalue weighted by Crippen LogP contribution is -2.50. The molecule has 2 amide bonds. The molecule has 2 heterocycles. The second-order valence-electron chi connectivity index (χ2n) is 6.14. The fraction of sp³-hybridized carbons (Fsp3) is 0.438. The Morgan fingerprint density at radius 2 is 2.17 bits per heavy atom. The van der Waals surface area contributed by atoms with E-state index in [9.17, 15) is 4.79 Å². The van der Waals surface area contributed by atoms with Crippen LogP contribution < -0.4 is 10.1 Å². The van der Waals surface area contributed by atoms with Crippen LogP contribution >= 0.6 is 11.6 Å². The van der Waals surface area contributed by atoms with Crippen molar-refractivity contribution in [3.63, 3.8) is 0 Å². The number of nitrogens with zero attached hydrogens (tertiary/aromatic N) is 3. The molecule has 1 saturated heterocycles. The molecule has 2 aliphatic rings. The van der Waals surface area contributed by atoms with Crippen molar-refractivity contribution in [2.75, 3.05) is 25.5 Å². The minimum absolute atomic E-state index is 0.108. The zero-order valence-electron chi connectivity index (χ0n) is 13.2. The van der Waals surface area contributed by atoms with Crippen molar-refractivity contribution in [2.24, 2.45) is 0 Å². The number of likely N-dealkylation sites (tertiary alicyclic amines) is 1. The normalized spacial score (nSPS) is 17.5. The third-order valence-electron chi connectivity index (χ3n) is 4.32. The Balaban J connectivity index is 1.36. The van der Waals surface area contributed by atoms with E-state index >= 15 is 0 Å². The monoisotopic (exact) mass is 348 g/mol. The Labute approximate surface area is 143 Å². The second-order valence-corrected chi connectivity index (χ2v) is 6.58. The average Bonchev–Trinajstić information content (AvgIpc) is 3.25. The summed E-state index contributed by atoms with van der Waals surface area (Å²) in [5.74, 6) is 2.57. The molecule has 0 atom stereocenters. The molecular weight excluding hydrogens is 332 g/mol. The third-order valence-corrected chi connectivity index (χ3v) is 4.56. The van der Waals surface area contributed by atoms with Crippen LogP contribution in [0.5, 0.6) is 5.75 Å². The molecule has 2 aromatic rings. The number of anilines is 1. The molecule has 0 radical (unpaired) electrons. The van der Waals surface area contributed by atoms with Crippen LogP contribution in [0.3, 0.4) is 0 Å². The summed E-state index contributed by atoms with van der Waals surface area (Å²) in [7, 11) is 1.55. The molecule has 1 aromatic heterocycles. The molecule has 0 unspecified atom stereocenters. The van der Waals surface area contributed by atoms with Crippen LogP contribution in [0.15, 0.2) is 22.7 Å². The number of amides is 2. The standard InChI is InChI=1S/C16H17ClN4O3/c1-23-13-5-4-11(17)6-12(13)18-16(22)21-7-10(8-21)15-19-14(20-24-15)9-2-3-9/h4-6,9-10H,2-3,7-8H2,1H3,(H,18,22). The number of benzene rings is 1. The van der Waals surface area contributed by atoms with E-state index in [0.29, 0.717) is 41.4 Å². The predicted molar refractivity (Wildman–Crippen MR) is 87.6 cm³/mol. The zero-order valence-corrected chi connectivity index (χ0v) is 13.9. The maximum Gasteiger partial charge on any atom is 0.321 e. The Bertz CT molecular complexity index is 768. The van der Waals surface area contributed by atoms with Crippen LogP contribution in [-0.4, -0.2) is 41.3 Å². The number of nitrogens with one attached hydrogen (secondary N) is 1. The van der Waals surface area contributed by atoms with Crippen molar-refractivity contribution < 1.29 is 14.1 Å². The summed E-state index contributed by atoms with van der Waals surface area (Å²) in [5, 5.41) is 7.37. The van der Waals surface area contributed by atoms with E-state index in [1.165, 1.54) is 0 Å². The van der Waals surface area contributed by atoms with E-state index in [2.05, 4.69) is 15.5 Å². The minimum atomic E-state index is -0.200. The van der Waals surface area contributed by atoms with Gasteiger partial charge in [-0.1, -0.05) is 16.8 Å². The molecule has 1 saturated carbocycles. The minimum Gasteiger partial charge on any atom is -0.495 e. The van der Waals surface area contributed by atoms with Crippen LogP contribution in [-0.2, 0) is 0 Å². The molecule has 126 valence electrons. The van der Waals surface area contributed by atoms with Crippen LogP contribution in [0.1, 0.15) is 36.4 Å². The Kier molecular flexibility index (Phi) is 3.80. The van der Waals surface area contributed by atoms with E-state index in [1.807, 2.05) is 0 Å². The molecule has 1 aliphatic carbocycles. The van der Waals surface area contributed by atoms with Crippen LogP contribution in [0.25, 0.3) is 0 Å². The Morgan fingerprint density at radius 3 is 2.88 bits per heavy atom. The van der Waals surface area contributed by atoms with Crippen LogP contribution in [0.4, 0.5) is 10.5 Å². The van der Waals surface area contributed by atoms with Gasteiger partial charge in [-0.05, 0) is 31.0 Å². The fourth-order valence-electron chi connectivity index (χ4n) is 2.69. The molecule has 2 fully saturated rings. The summed E-state index contributed by atoms with van der Waals surface area (Å²) >= 11 is 5.97. The third kappa shape index (κ3) is 2.91. The topological polar surface area (TPSA) is 80.5 Å². The van der Waals surface area contributed by atoms with E-state index in [-0.39, 0.29) is 11.9 Å². The van der Waals surface area contributed by atoms with Crippen molar-refractivity contribution in [1.82, 2.24) is 15.0 Å². The van der Waals surface area contributed by atoms with Gasteiger partial charge in [-0.2, -0.15) is 4.98 Å². The van der Waals surface area contributed by atoms with Crippen LogP contribution in [0, 0.1) is 0 Å². The number of aromatic nitrogens is 2. The molecular formula is C16H17ClN4O3. The molecule has 1 aliphatic heterocycles. The SMILES string of the molecule is COc1ccc(Cl)cc1NC(=O)N1CC(c2nc(C3CC3)no2)C1. The van der Waals surface area contributed by atoms with Crippen molar-refractivity contribution in [3.05, 3.63) is 34.9 Å². The van der Waals surface area contributed by atoms with Gasteiger partial charge in [0.05, 0.1) is 18.7 Å². The largest absolute Gasteiger partial charge is 0.495 e. The summed E-state index contributed by atoms with van der Waals surface area (Å²) < 4.78 is 10.5. The summed E-state index contributed by atoms with van der Waals surface area (Å²) in [6, 6.07) is 4.89. The molecule has 24 heavy (non-hydrogen) atoms. The molecule has 1 aromatic carbocycles. The maximum absolute atomic E-state index is 12.3. The number of halogens is 1. The van der Waals surface area contributed by atoms with Gasteiger partial charge in [0.25, 0.3) is 0 Å². The first-order valence-corrected chi connectivity index (χ1v) is 8.25. The molecule has 7 nitrogen and oxygen atoms in total. The van der Waals surface area contributed by atoms with E-state index < -0.39 is 0 Å². The molecule has 1 N–H and O–H groups in total. The molecule has 0 spiro atoms. The van der Waals surface area contributed by atoms with Gasteiger partial charge in [0, 0.05) is 24.0 Å². The number of methoxy groups -OCH3 is 1. The quantitative estimate of drug-likeness (QED) is 0.917. The Morgan fingerprint density at radius 1 is 1.38 bits per heavy atom. The van der Waals surface area contributed by atoms with E-state index in [4.69, 9.17) is 20.9 Å². The first kappa shape index (κ1) is 15.3. The van der Waals surface area contributed by atoms with Crippen molar-refractivity contribution in [2.45, 2.75) is 24.7 Å². The van der Waals surface area contributed by atoms with E-state index in [1.54, 1.807) is 30.2 Å². The highest BCUT2D eigenvalue weighted by Crippen LogP contribution is 2.39. The van der Waals surface area contributed by atoms with Gasteiger partial charge in [-0.15, -0.1) is 0 Å². The smallest absolute Gasteiger partial charge is 0.321 e. The van der Waals surface area contributed by atoms with Gasteiger partial charge in [-0.25, -0.2) is 4.79 Å². The van der Waals surface area contributed by atoms with E-state index in [0.717, 1.165) is 18.7 Å². The molecule has 0 bridgehead atoms. The number of rotatable bonds is 4. The molecule has 4 rings (SSSR count). The van der Waals surface area contributed by atoms with Gasteiger partial charge >= 0.3 is 6.03 Å². The van der Waals surface area contributed by atoms with Crippen molar-refractivity contribution >= 4 is 23.3 Å². The summed E-state index contributed by atoms with van der Waals surface area (Å²) in [5.41, 5.74) is 0.548. The average molecular weight is 349 g/mol. The van der Waals surface area contributed by atoms with Gasteiger partial charge < -0.3 is 19.5 Å². The first-order valence-electron chi connectivity index (χ1n) is 7.87. The highest BCUT2D eigenvalue weighted by molar-refractivity contribution is 6.31. The summed E-state index contributed by atoms with van der Waals surface area (Å²) in [6.07, 6.45) is 2.28. The lowest BCUT2D eigenvalue weighted by molar-refractivity contribution is 0.147. The van der Waals surface area contributed by atoms with Gasteiger partial charge in [0.15, 0.2) is 5.82 Å². The Hall–Kier alpha value is -2.28. The summed E-state index contributed by atoms with van der Waals surface area (Å²) in [6.45, 7) is 1.11. The number of hydrogen-bond donors (Lipinski definition) is 1. The molecule has 8 heteroatoms. The zero-order chi connectivity index (χ0) is 16.7. The van der Waals surface area contributed by atoms with Crippen molar-refractivity contribution in [3.8, 4) is 5.75 Å². The second kappa shape index (κ2) is 5.98. The number of urea groups is 1. The van der Waals surface area contributed by atoms with Crippen LogP contribution in [0.2, 0.25) is 5.02 Å². The maximum atomic E-state index is 12.3. The highest BCUT2D eigenvalue weighted by Gasteiger charge is 2.37. The lowest BCUT2D eigenvalue weighted by Gasteiger charge is -2.36. The van der Waals surface area contributed by atoms with Crippen molar-refractivity contribution in [1.29, 1.82) is 0 Å². The summed E-state index contributed by atoms with van der Waals surface area (Å²) in [4.78, 5) is 18.4. The predicted octanol–water partition coefficient (Wildman–Crippen LogP) is 3.24. The number of ether oxygens (including phenoxy) is 1. The number of carbonyl (C=O) groups is 1. The van der Waals surface area contributed by atoms with Gasteiger partial charge in [0.1, 0.15) is 5.75 Å². The highest BCUT2D eigenvalue weighted by atomic mass is 35.5. The fourth-order valence-corrected chi connectivity index (χ4v) is 2.87. The first-order chi connectivity index (χ1) is 11.6. The number of carbonyl (C=O) groups excluding carboxylic acids is 1. The van der Waals surface area contributed by atoms with Gasteiger partial charge in [0.2, 0.25) is 5.89 Å². The lowest BCUT2D eigenvalue weighted by atomic mass is 10.0.